The summed E-state index contributed by atoms with van der Waals surface area (Å²) in [7, 11) is 0. The zero-order chi connectivity index (χ0) is 23.4. The molecule has 0 aromatic heterocycles. The Morgan fingerprint density at radius 1 is 0.879 bits per heavy atom. The minimum atomic E-state index is -0.772. The molecule has 0 spiro atoms. The van der Waals surface area contributed by atoms with Crippen LogP contribution in [0.4, 0.5) is 5.69 Å². The summed E-state index contributed by atoms with van der Waals surface area (Å²) in [6, 6.07) is 21.0. The van der Waals surface area contributed by atoms with Crippen LogP contribution >= 0.6 is 0 Å². The maximum atomic E-state index is 12.5. The number of amides is 3. The van der Waals surface area contributed by atoms with E-state index < -0.39 is 30.3 Å². The lowest BCUT2D eigenvalue weighted by Gasteiger charge is -2.11. The number of ether oxygens (including phenoxy) is 1. The Bertz CT molecular complexity index is 1270. The molecule has 0 saturated carbocycles. The number of imide groups is 1. The summed E-state index contributed by atoms with van der Waals surface area (Å²) in [6.07, 6.45) is 1.45. The summed E-state index contributed by atoms with van der Waals surface area (Å²) in [4.78, 5) is 50.6. The van der Waals surface area contributed by atoms with Gasteiger partial charge >= 0.3 is 5.97 Å². The first-order valence-corrected chi connectivity index (χ1v) is 10.2. The van der Waals surface area contributed by atoms with Crippen LogP contribution in [-0.2, 0) is 9.53 Å². The number of para-hydroxylation sites is 1. The van der Waals surface area contributed by atoms with E-state index in [2.05, 4.69) is 11.9 Å². The molecule has 1 aliphatic rings. The van der Waals surface area contributed by atoms with Crippen molar-refractivity contribution in [3.8, 4) is 11.1 Å². The number of esters is 1. The lowest BCUT2D eigenvalue weighted by molar-refractivity contribution is -0.119. The standard InChI is InChI=1S/C26H20N2O5/c1-2-14-28-24(30)20-13-12-18(15-21(20)25(28)31)26(32)33-16-23(29)27-22-11-7-6-10-19(22)17-8-4-3-5-9-17/h2-13,15H,1,14,16H2,(H,27,29). The average molecular weight is 440 g/mol. The van der Waals surface area contributed by atoms with E-state index in [0.29, 0.717) is 5.69 Å². The number of carbonyl (C=O) groups is 4. The van der Waals surface area contributed by atoms with E-state index >= 15 is 0 Å². The van der Waals surface area contributed by atoms with Crippen molar-refractivity contribution in [1.29, 1.82) is 0 Å². The molecule has 0 bridgehead atoms. The van der Waals surface area contributed by atoms with Crippen LogP contribution in [0.2, 0.25) is 0 Å². The number of hydrogen-bond donors (Lipinski definition) is 1. The van der Waals surface area contributed by atoms with Gasteiger partial charge in [-0.25, -0.2) is 4.79 Å². The van der Waals surface area contributed by atoms with Gasteiger partial charge in [0, 0.05) is 17.8 Å². The second kappa shape index (κ2) is 9.32. The first kappa shape index (κ1) is 21.7. The molecule has 1 heterocycles. The van der Waals surface area contributed by atoms with E-state index in [1.165, 1.54) is 24.3 Å². The van der Waals surface area contributed by atoms with Crippen LogP contribution in [0.25, 0.3) is 11.1 Å². The van der Waals surface area contributed by atoms with Crippen molar-refractivity contribution in [2.24, 2.45) is 0 Å². The number of nitrogens with one attached hydrogen (secondary N) is 1. The van der Waals surface area contributed by atoms with Crippen molar-refractivity contribution in [2.45, 2.75) is 0 Å². The molecule has 1 aliphatic heterocycles. The molecule has 3 amide bonds. The van der Waals surface area contributed by atoms with Crippen LogP contribution in [0.1, 0.15) is 31.1 Å². The average Bonchev–Trinajstić information content (AvgIpc) is 3.08. The molecule has 0 aliphatic carbocycles. The molecule has 0 unspecified atom stereocenters. The Hall–Kier alpha value is -4.52. The normalized spacial score (nSPS) is 12.3. The minimum Gasteiger partial charge on any atom is -0.452 e. The van der Waals surface area contributed by atoms with Gasteiger partial charge in [0.15, 0.2) is 6.61 Å². The van der Waals surface area contributed by atoms with Gasteiger partial charge in [0.05, 0.1) is 16.7 Å². The highest BCUT2D eigenvalue weighted by atomic mass is 16.5. The molecular weight excluding hydrogens is 420 g/mol. The van der Waals surface area contributed by atoms with Gasteiger partial charge in [-0.2, -0.15) is 0 Å². The summed E-state index contributed by atoms with van der Waals surface area (Å²) < 4.78 is 5.13. The highest BCUT2D eigenvalue weighted by Crippen LogP contribution is 2.27. The van der Waals surface area contributed by atoms with Crippen LogP contribution in [0.3, 0.4) is 0 Å². The van der Waals surface area contributed by atoms with Crippen molar-refractivity contribution in [1.82, 2.24) is 4.90 Å². The molecule has 4 rings (SSSR count). The summed E-state index contributed by atoms with van der Waals surface area (Å²) in [5.41, 5.74) is 2.78. The van der Waals surface area contributed by atoms with E-state index in [0.717, 1.165) is 16.0 Å². The zero-order valence-corrected chi connectivity index (χ0v) is 17.6. The van der Waals surface area contributed by atoms with E-state index in [4.69, 9.17) is 4.74 Å². The summed E-state index contributed by atoms with van der Waals surface area (Å²) in [6.45, 7) is 3.11. The second-order valence-corrected chi connectivity index (χ2v) is 7.31. The Morgan fingerprint density at radius 2 is 1.58 bits per heavy atom. The Kier molecular flexibility index (Phi) is 6.13. The first-order valence-electron chi connectivity index (χ1n) is 10.2. The number of nitrogens with zero attached hydrogens (tertiary/aromatic N) is 1. The Labute approximate surface area is 190 Å². The molecule has 0 atom stereocenters. The van der Waals surface area contributed by atoms with Crippen molar-refractivity contribution in [3.05, 3.63) is 102 Å². The summed E-state index contributed by atoms with van der Waals surface area (Å²) in [5, 5.41) is 2.76. The highest BCUT2D eigenvalue weighted by molar-refractivity contribution is 6.22. The maximum Gasteiger partial charge on any atom is 0.338 e. The molecule has 3 aromatic carbocycles. The van der Waals surface area contributed by atoms with Crippen LogP contribution < -0.4 is 5.32 Å². The van der Waals surface area contributed by atoms with Gasteiger partial charge in [-0.05, 0) is 29.8 Å². The van der Waals surface area contributed by atoms with E-state index in [-0.39, 0.29) is 23.2 Å². The number of anilines is 1. The third-order valence-corrected chi connectivity index (χ3v) is 5.14. The topological polar surface area (TPSA) is 92.8 Å². The highest BCUT2D eigenvalue weighted by Gasteiger charge is 2.35. The van der Waals surface area contributed by atoms with Crippen molar-refractivity contribution < 1.29 is 23.9 Å². The predicted octanol–water partition coefficient (Wildman–Crippen LogP) is 3.93. The fourth-order valence-corrected chi connectivity index (χ4v) is 3.57. The molecule has 3 aromatic rings. The SMILES string of the molecule is C=CCN1C(=O)c2ccc(C(=O)OCC(=O)Nc3ccccc3-c3ccccc3)cc2C1=O. The van der Waals surface area contributed by atoms with Crippen LogP contribution in [0.15, 0.2) is 85.5 Å². The van der Waals surface area contributed by atoms with E-state index in [9.17, 15) is 19.2 Å². The van der Waals surface area contributed by atoms with Gasteiger partial charge in [-0.3, -0.25) is 19.3 Å². The fraction of sp³-hybridized carbons (Fsp3) is 0.0769. The zero-order valence-electron chi connectivity index (χ0n) is 17.6. The number of rotatable bonds is 7. The Balaban J connectivity index is 1.42. The maximum absolute atomic E-state index is 12.5. The van der Waals surface area contributed by atoms with E-state index in [1.807, 2.05) is 42.5 Å². The van der Waals surface area contributed by atoms with Crippen molar-refractivity contribution >= 4 is 29.4 Å². The van der Waals surface area contributed by atoms with Gasteiger partial charge in [-0.1, -0.05) is 54.6 Å². The number of carbonyl (C=O) groups excluding carboxylic acids is 4. The first-order chi connectivity index (χ1) is 16.0. The van der Waals surface area contributed by atoms with Crippen molar-refractivity contribution in [3.63, 3.8) is 0 Å². The minimum absolute atomic E-state index is 0.0767. The molecule has 0 saturated heterocycles. The number of fused-ring (bicyclic) bond motifs is 1. The molecule has 0 fully saturated rings. The Morgan fingerprint density at radius 3 is 2.33 bits per heavy atom. The summed E-state index contributed by atoms with van der Waals surface area (Å²) in [5.74, 6) is -2.21. The smallest absolute Gasteiger partial charge is 0.338 e. The quantitative estimate of drug-likeness (QED) is 0.341. The largest absolute Gasteiger partial charge is 0.452 e. The van der Waals surface area contributed by atoms with Gasteiger partial charge in [0.25, 0.3) is 17.7 Å². The lowest BCUT2D eigenvalue weighted by atomic mass is 10.0. The monoisotopic (exact) mass is 440 g/mol. The molecule has 0 radical (unpaired) electrons. The predicted molar refractivity (Wildman–Crippen MR) is 123 cm³/mol. The van der Waals surface area contributed by atoms with Gasteiger partial charge in [0.2, 0.25) is 0 Å². The van der Waals surface area contributed by atoms with E-state index in [1.54, 1.807) is 12.1 Å². The van der Waals surface area contributed by atoms with Crippen molar-refractivity contribution in [2.75, 3.05) is 18.5 Å². The van der Waals surface area contributed by atoms with Crippen LogP contribution in [0.5, 0.6) is 0 Å². The lowest BCUT2D eigenvalue weighted by Crippen LogP contribution is -2.29. The number of hydrogen-bond acceptors (Lipinski definition) is 5. The van der Waals surface area contributed by atoms with Crippen LogP contribution in [-0.4, -0.2) is 41.7 Å². The fourth-order valence-electron chi connectivity index (χ4n) is 3.57. The molecule has 33 heavy (non-hydrogen) atoms. The summed E-state index contributed by atoms with van der Waals surface area (Å²) >= 11 is 0. The molecule has 7 nitrogen and oxygen atoms in total. The third kappa shape index (κ3) is 4.43. The third-order valence-electron chi connectivity index (χ3n) is 5.14. The van der Waals surface area contributed by atoms with Gasteiger partial charge in [-0.15, -0.1) is 6.58 Å². The van der Waals surface area contributed by atoms with Gasteiger partial charge < -0.3 is 10.1 Å². The van der Waals surface area contributed by atoms with Gasteiger partial charge in [0.1, 0.15) is 0 Å². The van der Waals surface area contributed by atoms with Crippen LogP contribution in [0, 0.1) is 0 Å². The molecule has 7 heteroatoms. The molecular formula is C26H20N2O5. The molecule has 1 N–H and O–H groups in total. The number of benzene rings is 3. The second-order valence-electron chi connectivity index (χ2n) is 7.31. The molecule has 164 valence electrons.